The number of esters is 1. The van der Waals surface area contributed by atoms with Crippen LogP contribution in [0.3, 0.4) is 0 Å². The smallest absolute Gasteiger partial charge is 0.331 e. The highest BCUT2D eigenvalue weighted by Crippen LogP contribution is 2.24. The number of carbonyl (C=O) groups excluding carboxylic acids is 2. The molecular weight excluding hydrogens is 448 g/mol. The van der Waals surface area contributed by atoms with Crippen LogP contribution >= 0.6 is 27.7 Å². The highest BCUT2D eigenvalue weighted by molar-refractivity contribution is 9.10. The van der Waals surface area contributed by atoms with Crippen LogP contribution in [-0.4, -0.2) is 37.0 Å². The molecule has 1 aromatic carbocycles. The van der Waals surface area contributed by atoms with E-state index in [2.05, 4.69) is 42.3 Å². The number of rotatable bonds is 8. The Balaban J connectivity index is 2.03. The van der Waals surface area contributed by atoms with Crippen molar-refractivity contribution in [1.29, 1.82) is 5.26 Å². The Morgan fingerprint density at radius 3 is 3.00 bits per heavy atom. The van der Waals surface area contributed by atoms with E-state index in [1.54, 1.807) is 0 Å². The molecule has 0 saturated carbocycles. The number of benzene rings is 1. The molecule has 1 fully saturated rings. The Kier molecular flexibility index (Phi) is 8.71. The number of hydrogen-bond acceptors (Lipinski definition) is 8. The third-order valence-electron chi connectivity index (χ3n) is 3.36. The number of nitrogens with zero attached hydrogens (tertiary/aromatic N) is 3. The maximum Gasteiger partial charge on any atom is 0.331 e. The second-order valence-electron chi connectivity index (χ2n) is 5.38. The van der Waals surface area contributed by atoms with Crippen LogP contribution < -0.4 is 10.1 Å². The third kappa shape index (κ3) is 6.83. The summed E-state index contributed by atoms with van der Waals surface area (Å²) >= 11 is 4.40. The van der Waals surface area contributed by atoms with E-state index < -0.39 is 11.9 Å². The van der Waals surface area contributed by atoms with E-state index in [0.29, 0.717) is 24.3 Å². The van der Waals surface area contributed by atoms with Crippen LogP contribution in [0.5, 0.6) is 5.75 Å². The van der Waals surface area contributed by atoms with E-state index in [1.807, 2.05) is 18.2 Å². The molecule has 2 rings (SSSR count). The number of nitriles is 1. The van der Waals surface area contributed by atoms with Crippen LogP contribution in [0.1, 0.15) is 24.8 Å². The van der Waals surface area contributed by atoms with E-state index in [9.17, 15) is 9.59 Å². The Morgan fingerprint density at radius 2 is 2.25 bits per heavy atom. The summed E-state index contributed by atoms with van der Waals surface area (Å²) in [5.41, 5.74) is 0.707. The van der Waals surface area contributed by atoms with Crippen LogP contribution in [0.4, 0.5) is 0 Å². The maximum absolute atomic E-state index is 11.8. The summed E-state index contributed by atoms with van der Waals surface area (Å²) in [6, 6.07) is 7.59. The Labute approximate surface area is 174 Å². The molecule has 0 unspecified atom stereocenters. The zero-order valence-electron chi connectivity index (χ0n) is 15.0. The number of carbonyl (C=O) groups is 2. The zero-order chi connectivity index (χ0) is 20.4. The van der Waals surface area contributed by atoms with Gasteiger partial charge in [0.2, 0.25) is 0 Å². The molecule has 0 aromatic heterocycles. The van der Waals surface area contributed by atoms with Crippen molar-refractivity contribution in [2.45, 2.75) is 19.3 Å². The van der Waals surface area contributed by atoms with Gasteiger partial charge < -0.3 is 9.47 Å². The Morgan fingerprint density at radius 1 is 1.43 bits per heavy atom. The number of methoxy groups -OCH3 is 1. The van der Waals surface area contributed by atoms with Gasteiger partial charge in [0.25, 0.3) is 5.91 Å². The Bertz CT molecular complexity index is 877. The number of ether oxygens (including phenoxy) is 2. The molecule has 8 nitrogen and oxygen atoms in total. The molecule has 0 spiro atoms. The normalized spacial score (nSPS) is 16.4. The number of amidine groups is 1. The SMILES string of the molecule is COC(=O)/C=C1/S/C(=N\N=Cc2cc(Br)ccc2OCCCCC#N)NC1=O. The van der Waals surface area contributed by atoms with Crippen molar-refractivity contribution in [1.82, 2.24) is 5.32 Å². The first-order valence-electron chi connectivity index (χ1n) is 8.22. The molecule has 1 amide bonds. The average molecular weight is 465 g/mol. The molecule has 0 radical (unpaired) electrons. The van der Waals surface area contributed by atoms with Crippen LogP contribution in [0.2, 0.25) is 0 Å². The van der Waals surface area contributed by atoms with Gasteiger partial charge in [-0.1, -0.05) is 15.9 Å². The van der Waals surface area contributed by atoms with Gasteiger partial charge in [0, 0.05) is 22.5 Å². The summed E-state index contributed by atoms with van der Waals surface area (Å²) in [5.74, 6) is -0.417. The summed E-state index contributed by atoms with van der Waals surface area (Å²) < 4.78 is 11.1. The molecule has 1 N–H and O–H groups in total. The predicted octanol–water partition coefficient (Wildman–Crippen LogP) is 3.13. The fourth-order valence-corrected chi connectivity index (χ4v) is 3.14. The van der Waals surface area contributed by atoms with Gasteiger partial charge in [-0.15, -0.1) is 5.10 Å². The lowest BCUT2D eigenvalue weighted by atomic mass is 10.2. The van der Waals surface area contributed by atoms with Crippen molar-refractivity contribution in [3.63, 3.8) is 0 Å². The highest BCUT2D eigenvalue weighted by atomic mass is 79.9. The molecule has 1 heterocycles. The van der Waals surface area contributed by atoms with Crippen LogP contribution in [0.15, 0.2) is 43.9 Å². The molecule has 146 valence electrons. The quantitative estimate of drug-likeness (QED) is 0.208. The topological polar surface area (TPSA) is 113 Å². The lowest BCUT2D eigenvalue weighted by Crippen LogP contribution is -2.19. The van der Waals surface area contributed by atoms with Crippen molar-refractivity contribution >= 4 is 51.0 Å². The summed E-state index contributed by atoms with van der Waals surface area (Å²) in [4.78, 5) is 23.2. The molecular formula is C18H17BrN4O4S. The maximum atomic E-state index is 11.8. The molecule has 28 heavy (non-hydrogen) atoms. The second kappa shape index (κ2) is 11.3. The first-order valence-corrected chi connectivity index (χ1v) is 9.83. The van der Waals surface area contributed by atoms with Crippen molar-refractivity contribution in [2.24, 2.45) is 10.2 Å². The lowest BCUT2D eigenvalue weighted by Gasteiger charge is -2.08. The van der Waals surface area contributed by atoms with Gasteiger partial charge in [0.05, 0.1) is 30.9 Å². The van der Waals surface area contributed by atoms with E-state index in [-0.39, 0.29) is 10.1 Å². The van der Waals surface area contributed by atoms with Gasteiger partial charge in [-0.25, -0.2) is 4.79 Å². The van der Waals surface area contributed by atoms with Crippen molar-refractivity contribution < 1.29 is 19.1 Å². The molecule has 1 aromatic rings. The minimum absolute atomic E-state index is 0.185. The van der Waals surface area contributed by atoms with Crippen LogP contribution in [-0.2, 0) is 14.3 Å². The highest BCUT2D eigenvalue weighted by Gasteiger charge is 2.25. The molecule has 0 aliphatic carbocycles. The summed E-state index contributed by atoms with van der Waals surface area (Å²) in [7, 11) is 1.23. The number of amides is 1. The van der Waals surface area contributed by atoms with Gasteiger partial charge in [0.15, 0.2) is 5.17 Å². The molecule has 1 aliphatic heterocycles. The van der Waals surface area contributed by atoms with Crippen LogP contribution in [0, 0.1) is 11.3 Å². The number of nitrogens with one attached hydrogen (secondary N) is 1. The molecule has 1 aliphatic rings. The average Bonchev–Trinajstić information content (AvgIpc) is 3.02. The number of thioether (sulfide) groups is 1. The zero-order valence-corrected chi connectivity index (χ0v) is 17.4. The van der Waals surface area contributed by atoms with E-state index in [1.165, 1.54) is 13.3 Å². The fourth-order valence-electron chi connectivity index (χ4n) is 2.02. The largest absolute Gasteiger partial charge is 0.493 e. The number of hydrogen-bond donors (Lipinski definition) is 1. The van der Waals surface area contributed by atoms with E-state index in [0.717, 1.165) is 35.2 Å². The summed E-state index contributed by atoms with van der Waals surface area (Å²) in [6.07, 6.45) is 4.67. The molecule has 0 bridgehead atoms. The third-order valence-corrected chi connectivity index (χ3v) is 4.75. The van der Waals surface area contributed by atoms with Gasteiger partial charge in [0.1, 0.15) is 5.75 Å². The minimum atomic E-state index is -0.618. The van der Waals surface area contributed by atoms with Crippen molar-refractivity contribution in [2.75, 3.05) is 13.7 Å². The van der Waals surface area contributed by atoms with Crippen molar-refractivity contribution in [3.8, 4) is 11.8 Å². The van der Waals surface area contributed by atoms with E-state index >= 15 is 0 Å². The van der Waals surface area contributed by atoms with E-state index in [4.69, 9.17) is 10.00 Å². The fraction of sp³-hybridized carbons (Fsp3) is 0.278. The number of halogens is 1. The first-order chi connectivity index (χ1) is 13.5. The van der Waals surface area contributed by atoms with Gasteiger partial charge in [-0.05, 0) is 42.8 Å². The first kappa shape index (κ1) is 21.7. The van der Waals surface area contributed by atoms with Gasteiger partial charge in [-0.2, -0.15) is 10.4 Å². The molecule has 10 heteroatoms. The lowest BCUT2D eigenvalue weighted by molar-refractivity contribution is -0.135. The standard InChI is InChI=1S/C18H17BrN4O4S/c1-26-16(24)10-15-17(25)22-18(28-15)23-21-11-12-9-13(19)5-6-14(12)27-8-4-2-3-7-20/h5-6,9-11H,2-4,8H2,1H3,(H,22,23,25)/b15-10+,21-11?. The predicted molar refractivity (Wildman–Crippen MR) is 110 cm³/mol. The second-order valence-corrected chi connectivity index (χ2v) is 7.33. The summed E-state index contributed by atoms with van der Waals surface area (Å²) in [5, 5.41) is 19.3. The summed E-state index contributed by atoms with van der Waals surface area (Å²) in [6.45, 7) is 0.492. The molecule has 0 atom stereocenters. The molecule has 1 saturated heterocycles. The van der Waals surface area contributed by atoms with Gasteiger partial charge >= 0.3 is 5.97 Å². The van der Waals surface area contributed by atoms with Crippen LogP contribution in [0.25, 0.3) is 0 Å². The Hall–Kier alpha value is -2.64. The van der Waals surface area contributed by atoms with Gasteiger partial charge in [-0.3, -0.25) is 10.1 Å². The van der Waals surface area contributed by atoms with Crippen molar-refractivity contribution in [3.05, 3.63) is 39.2 Å². The minimum Gasteiger partial charge on any atom is -0.493 e. The monoisotopic (exact) mass is 464 g/mol. The number of unbranched alkanes of at least 4 members (excludes halogenated alkanes) is 2.